The van der Waals surface area contributed by atoms with Gasteiger partial charge in [0.05, 0.1) is 20.1 Å². The summed E-state index contributed by atoms with van der Waals surface area (Å²) in [6, 6.07) is 5.50. The average molecular weight is 475 g/mol. The predicted molar refractivity (Wildman–Crippen MR) is 103 cm³/mol. The number of rotatable bonds is 8. The molecule has 2 N–H and O–H groups in total. The van der Waals surface area contributed by atoms with Gasteiger partial charge in [0.1, 0.15) is 0 Å². The van der Waals surface area contributed by atoms with Gasteiger partial charge in [-0.15, -0.1) is 24.0 Å². The SMILES string of the molecule is CCCOc1ccc(CNC(=NC)NCCC(F)(F)F)cc1OC.I. The second-order valence-electron chi connectivity index (χ2n) is 5.05. The largest absolute Gasteiger partial charge is 0.493 e. The third kappa shape index (κ3) is 9.61. The first kappa shape index (κ1) is 23.6. The summed E-state index contributed by atoms with van der Waals surface area (Å²) >= 11 is 0. The molecule has 0 aliphatic rings. The van der Waals surface area contributed by atoms with E-state index in [0.717, 1.165) is 12.0 Å². The summed E-state index contributed by atoms with van der Waals surface area (Å²) in [5, 5.41) is 5.59. The van der Waals surface area contributed by atoms with Crippen LogP contribution < -0.4 is 20.1 Å². The highest BCUT2D eigenvalue weighted by atomic mass is 127. The maximum absolute atomic E-state index is 12.1. The highest BCUT2D eigenvalue weighted by Gasteiger charge is 2.26. The number of guanidine groups is 1. The molecule has 0 bridgehead atoms. The van der Waals surface area contributed by atoms with Crippen LogP contribution >= 0.6 is 24.0 Å². The van der Waals surface area contributed by atoms with E-state index in [1.807, 2.05) is 25.1 Å². The number of nitrogens with one attached hydrogen (secondary N) is 2. The second-order valence-corrected chi connectivity index (χ2v) is 5.05. The van der Waals surface area contributed by atoms with Gasteiger partial charge < -0.3 is 20.1 Å². The normalized spacial score (nSPS) is 11.5. The van der Waals surface area contributed by atoms with Gasteiger partial charge in [0.2, 0.25) is 0 Å². The van der Waals surface area contributed by atoms with E-state index in [1.165, 1.54) is 7.05 Å². The zero-order valence-corrected chi connectivity index (χ0v) is 16.9. The lowest BCUT2D eigenvalue weighted by Crippen LogP contribution is -2.38. The van der Waals surface area contributed by atoms with E-state index in [1.54, 1.807) is 7.11 Å². The number of hydrogen-bond donors (Lipinski definition) is 2. The van der Waals surface area contributed by atoms with Gasteiger partial charge in [0.25, 0.3) is 0 Å². The summed E-state index contributed by atoms with van der Waals surface area (Å²) in [6.07, 6.45) is -4.20. The molecule has 0 amide bonds. The van der Waals surface area contributed by atoms with Gasteiger partial charge in [-0.1, -0.05) is 13.0 Å². The van der Waals surface area contributed by atoms with E-state index < -0.39 is 12.6 Å². The molecule has 1 aromatic carbocycles. The van der Waals surface area contributed by atoms with Crippen LogP contribution in [0.15, 0.2) is 23.2 Å². The molecule has 0 saturated heterocycles. The van der Waals surface area contributed by atoms with Crippen LogP contribution in [-0.4, -0.2) is 39.4 Å². The molecule has 0 aliphatic carbocycles. The molecule has 0 fully saturated rings. The van der Waals surface area contributed by atoms with Crippen LogP contribution in [0.25, 0.3) is 0 Å². The van der Waals surface area contributed by atoms with Crippen molar-refractivity contribution in [3.63, 3.8) is 0 Å². The van der Waals surface area contributed by atoms with Gasteiger partial charge in [-0.3, -0.25) is 4.99 Å². The Morgan fingerprint density at radius 1 is 1.20 bits per heavy atom. The van der Waals surface area contributed by atoms with Crippen molar-refractivity contribution in [1.29, 1.82) is 0 Å². The van der Waals surface area contributed by atoms with Gasteiger partial charge in [0.15, 0.2) is 17.5 Å². The number of alkyl halides is 3. The second kappa shape index (κ2) is 12.0. The highest BCUT2D eigenvalue weighted by Crippen LogP contribution is 2.28. The van der Waals surface area contributed by atoms with Gasteiger partial charge in [-0.25, -0.2) is 0 Å². The first-order chi connectivity index (χ1) is 11.4. The Balaban J connectivity index is 0.00000576. The number of benzene rings is 1. The molecule has 0 heterocycles. The molecule has 0 aromatic heterocycles. The summed E-state index contributed by atoms with van der Waals surface area (Å²) in [5.74, 6) is 1.59. The van der Waals surface area contributed by atoms with E-state index in [-0.39, 0.29) is 30.5 Å². The van der Waals surface area contributed by atoms with E-state index >= 15 is 0 Å². The maximum Gasteiger partial charge on any atom is 0.390 e. The lowest BCUT2D eigenvalue weighted by atomic mass is 10.2. The first-order valence-electron chi connectivity index (χ1n) is 7.70. The Bertz CT molecular complexity index is 540. The van der Waals surface area contributed by atoms with Crippen molar-refractivity contribution in [3.8, 4) is 11.5 Å². The van der Waals surface area contributed by atoms with Crippen molar-refractivity contribution in [2.24, 2.45) is 4.99 Å². The summed E-state index contributed by atoms with van der Waals surface area (Å²) in [4.78, 5) is 3.89. The van der Waals surface area contributed by atoms with Crippen LogP contribution in [0.2, 0.25) is 0 Å². The predicted octanol–water partition coefficient (Wildman–Crippen LogP) is 3.72. The van der Waals surface area contributed by atoms with E-state index in [4.69, 9.17) is 9.47 Å². The van der Waals surface area contributed by atoms with Crippen molar-refractivity contribution >= 4 is 29.9 Å². The van der Waals surface area contributed by atoms with Crippen molar-refractivity contribution in [2.45, 2.75) is 32.5 Å². The quantitative estimate of drug-likeness (QED) is 0.342. The van der Waals surface area contributed by atoms with Crippen LogP contribution in [0, 0.1) is 0 Å². The molecular weight excluding hydrogens is 450 g/mol. The number of hydrogen-bond acceptors (Lipinski definition) is 3. The Kier molecular flexibility index (Phi) is 11.4. The number of aliphatic imine (C=N–C) groups is 1. The fourth-order valence-corrected chi connectivity index (χ4v) is 1.88. The smallest absolute Gasteiger partial charge is 0.390 e. The topological polar surface area (TPSA) is 54.9 Å². The fraction of sp³-hybridized carbons (Fsp3) is 0.562. The minimum absolute atomic E-state index is 0. The summed E-state index contributed by atoms with van der Waals surface area (Å²) in [7, 11) is 3.06. The number of halogens is 4. The van der Waals surface area contributed by atoms with Gasteiger partial charge in [-0.2, -0.15) is 13.2 Å². The first-order valence-corrected chi connectivity index (χ1v) is 7.70. The summed E-state index contributed by atoms with van der Waals surface area (Å²) in [6.45, 7) is 2.79. The third-order valence-corrected chi connectivity index (χ3v) is 3.07. The molecule has 0 radical (unpaired) electrons. The van der Waals surface area contributed by atoms with Crippen molar-refractivity contribution in [3.05, 3.63) is 23.8 Å². The number of ether oxygens (including phenoxy) is 2. The molecule has 25 heavy (non-hydrogen) atoms. The van der Waals surface area contributed by atoms with E-state index in [2.05, 4.69) is 15.6 Å². The van der Waals surface area contributed by atoms with Crippen LogP contribution in [0.4, 0.5) is 13.2 Å². The van der Waals surface area contributed by atoms with Crippen molar-refractivity contribution < 1.29 is 22.6 Å². The monoisotopic (exact) mass is 475 g/mol. The molecule has 5 nitrogen and oxygen atoms in total. The molecule has 0 atom stereocenters. The molecule has 0 unspecified atom stereocenters. The molecule has 144 valence electrons. The Morgan fingerprint density at radius 2 is 1.92 bits per heavy atom. The molecule has 0 saturated carbocycles. The van der Waals surface area contributed by atoms with Crippen LogP contribution in [-0.2, 0) is 6.54 Å². The Hall–Kier alpha value is -1.39. The molecule has 1 aromatic rings. The van der Waals surface area contributed by atoms with Crippen molar-refractivity contribution in [2.75, 3.05) is 27.3 Å². The van der Waals surface area contributed by atoms with Crippen LogP contribution in [0.5, 0.6) is 11.5 Å². The van der Waals surface area contributed by atoms with Gasteiger partial charge in [-0.05, 0) is 24.1 Å². The maximum atomic E-state index is 12.1. The van der Waals surface area contributed by atoms with Crippen LogP contribution in [0.3, 0.4) is 0 Å². The molecule has 0 aliphatic heterocycles. The molecular formula is C16H25F3IN3O2. The van der Waals surface area contributed by atoms with Crippen molar-refractivity contribution in [1.82, 2.24) is 10.6 Å². The summed E-state index contributed by atoms with van der Waals surface area (Å²) in [5.41, 5.74) is 0.898. The fourth-order valence-electron chi connectivity index (χ4n) is 1.88. The summed E-state index contributed by atoms with van der Waals surface area (Å²) < 4.78 is 47.3. The van der Waals surface area contributed by atoms with E-state index in [0.29, 0.717) is 30.6 Å². The zero-order valence-electron chi connectivity index (χ0n) is 14.6. The minimum atomic E-state index is -4.19. The van der Waals surface area contributed by atoms with E-state index in [9.17, 15) is 13.2 Å². The molecule has 0 spiro atoms. The lowest BCUT2D eigenvalue weighted by molar-refractivity contribution is -0.132. The standard InChI is InChI=1S/C16H24F3N3O2.HI/c1-4-9-24-13-6-5-12(10-14(13)23-3)11-22-15(20-2)21-8-7-16(17,18)19;/h5-6,10H,4,7-9,11H2,1-3H3,(H2,20,21,22);1H. The number of methoxy groups -OCH3 is 1. The third-order valence-electron chi connectivity index (χ3n) is 3.07. The average Bonchev–Trinajstić information content (AvgIpc) is 2.55. The number of nitrogens with zero attached hydrogens (tertiary/aromatic N) is 1. The zero-order chi connectivity index (χ0) is 18.0. The highest BCUT2D eigenvalue weighted by molar-refractivity contribution is 14.0. The molecule has 1 rings (SSSR count). The minimum Gasteiger partial charge on any atom is -0.493 e. The van der Waals surface area contributed by atoms with Crippen LogP contribution in [0.1, 0.15) is 25.3 Å². The Labute approximate surface area is 163 Å². The Morgan fingerprint density at radius 3 is 2.48 bits per heavy atom. The van der Waals surface area contributed by atoms with Gasteiger partial charge >= 0.3 is 6.18 Å². The van der Waals surface area contributed by atoms with Gasteiger partial charge in [0, 0.05) is 20.1 Å². The lowest BCUT2D eigenvalue weighted by Gasteiger charge is -2.14. The molecule has 9 heteroatoms.